The van der Waals surface area contributed by atoms with Crippen molar-refractivity contribution in [3.63, 3.8) is 0 Å². The van der Waals surface area contributed by atoms with E-state index in [1.165, 1.54) is 4.90 Å². The van der Waals surface area contributed by atoms with Crippen LogP contribution in [0.4, 0.5) is 5.69 Å². The van der Waals surface area contributed by atoms with E-state index in [2.05, 4.69) is 0 Å². The second kappa shape index (κ2) is 9.73. The lowest BCUT2D eigenvalue weighted by molar-refractivity contribution is -0.145. The fraction of sp³-hybridized carbons (Fsp3) is 0.250. The minimum Gasteiger partial charge on any atom is -0.482 e. The fourth-order valence-electron chi connectivity index (χ4n) is 2.41. The summed E-state index contributed by atoms with van der Waals surface area (Å²) in [4.78, 5) is 37.6. The van der Waals surface area contributed by atoms with Crippen LogP contribution in [-0.2, 0) is 14.3 Å². The van der Waals surface area contributed by atoms with E-state index in [0.717, 1.165) is 0 Å². The summed E-state index contributed by atoms with van der Waals surface area (Å²) in [7, 11) is 1.57. The quantitative estimate of drug-likeness (QED) is 0.394. The molecule has 2 aromatic carbocycles. The van der Waals surface area contributed by atoms with Gasteiger partial charge in [0, 0.05) is 18.2 Å². The lowest BCUT2D eigenvalue weighted by atomic mass is 10.0. The van der Waals surface area contributed by atoms with E-state index < -0.39 is 5.97 Å². The second-order valence-electron chi connectivity index (χ2n) is 5.55. The average Bonchev–Trinajstić information content (AvgIpc) is 2.71. The number of nitrogens with zero attached hydrogens (tertiary/aromatic N) is 1. The number of benzene rings is 2. The summed E-state index contributed by atoms with van der Waals surface area (Å²) < 4.78 is 10.2. The minimum atomic E-state index is -0.485. The summed E-state index contributed by atoms with van der Waals surface area (Å²) in [5.41, 5.74) is 1.20. The summed E-state index contributed by atoms with van der Waals surface area (Å²) in [6, 6.07) is 13.3. The molecule has 6 nitrogen and oxygen atoms in total. The Balaban J connectivity index is 2.25. The third-order valence-electron chi connectivity index (χ3n) is 3.76. The zero-order valence-corrected chi connectivity index (χ0v) is 15.9. The van der Waals surface area contributed by atoms with Gasteiger partial charge in [-0.15, -0.1) is 11.6 Å². The summed E-state index contributed by atoms with van der Waals surface area (Å²) in [5, 5.41) is 0. The molecule has 0 aliphatic heterocycles. The molecule has 0 heterocycles. The number of anilines is 1. The molecule has 0 unspecified atom stereocenters. The molecule has 0 bridgehead atoms. The van der Waals surface area contributed by atoms with Crippen molar-refractivity contribution in [2.24, 2.45) is 0 Å². The van der Waals surface area contributed by atoms with Crippen LogP contribution in [0.15, 0.2) is 48.5 Å². The number of carbonyl (C=O) groups excluding carboxylic acids is 3. The standard InChI is InChI=1S/C20H20ClNO5/c1-3-26-19(24)13-27-15-8-6-7-14(11-15)20(25)16-9-4-5-10-17(16)22(2)18(23)12-21/h4-11H,3,12-13H2,1-2H3. The summed E-state index contributed by atoms with van der Waals surface area (Å²) >= 11 is 5.62. The van der Waals surface area contributed by atoms with Gasteiger partial charge in [-0.1, -0.05) is 24.3 Å². The molecule has 0 fully saturated rings. The molecule has 1 amide bonds. The van der Waals surface area contributed by atoms with Gasteiger partial charge in [0.1, 0.15) is 11.6 Å². The van der Waals surface area contributed by atoms with Crippen LogP contribution in [0.3, 0.4) is 0 Å². The zero-order chi connectivity index (χ0) is 19.8. The first kappa shape index (κ1) is 20.5. The number of ketones is 1. The van der Waals surface area contributed by atoms with Gasteiger partial charge in [-0.25, -0.2) is 4.79 Å². The van der Waals surface area contributed by atoms with Gasteiger partial charge in [0.05, 0.1) is 12.3 Å². The molecule has 0 saturated carbocycles. The number of amides is 1. The van der Waals surface area contributed by atoms with Gasteiger partial charge in [0.25, 0.3) is 0 Å². The highest BCUT2D eigenvalue weighted by atomic mass is 35.5. The first-order chi connectivity index (χ1) is 13.0. The van der Waals surface area contributed by atoms with Crippen LogP contribution in [0.25, 0.3) is 0 Å². The Bertz CT molecular complexity index is 837. The molecule has 0 aliphatic rings. The van der Waals surface area contributed by atoms with Crippen LogP contribution in [0, 0.1) is 0 Å². The molecule has 0 saturated heterocycles. The number of esters is 1. The molecular weight excluding hydrogens is 370 g/mol. The molecule has 2 aromatic rings. The van der Waals surface area contributed by atoms with Gasteiger partial charge in [0.15, 0.2) is 12.4 Å². The summed E-state index contributed by atoms with van der Waals surface area (Å²) in [6.45, 7) is 1.74. The molecule has 0 radical (unpaired) electrons. The Morgan fingerprint density at radius 1 is 1.07 bits per heavy atom. The van der Waals surface area contributed by atoms with E-state index >= 15 is 0 Å². The van der Waals surface area contributed by atoms with Crippen molar-refractivity contribution in [2.75, 3.05) is 31.0 Å². The van der Waals surface area contributed by atoms with Crippen molar-refractivity contribution >= 4 is 34.9 Å². The maximum atomic E-state index is 13.0. The fourth-order valence-corrected chi connectivity index (χ4v) is 2.59. The SMILES string of the molecule is CCOC(=O)COc1cccc(C(=O)c2ccccc2N(C)C(=O)CCl)c1. The number of carbonyl (C=O) groups is 3. The minimum absolute atomic E-state index is 0.184. The monoisotopic (exact) mass is 389 g/mol. The molecule has 0 spiro atoms. The number of rotatable bonds is 8. The Kier molecular flexibility index (Phi) is 7.37. The molecule has 0 aliphatic carbocycles. The van der Waals surface area contributed by atoms with Gasteiger partial charge in [-0.05, 0) is 31.2 Å². The number of hydrogen-bond acceptors (Lipinski definition) is 5. The molecule has 0 N–H and O–H groups in total. The van der Waals surface area contributed by atoms with Crippen LogP contribution >= 0.6 is 11.6 Å². The first-order valence-corrected chi connectivity index (χ1v) is 8.86. The predicted octanol–water partition coefficient (Wildman–Crippen LogP) is 3.06. The highest BCUT2D eigenvalue weighted by molar-refractivity contribution is 6.29. The van der Waals surface area contributed by atoms with E-state index in [-0.39, 0.29) is 30.8 Å². The van der Waals surface area contributed by atoms with E-state index in [1.54, 1.807) is 62.5 Å². The van der Waals surface area contributed by atoms with E-state index in [9.17, 15) is 14.4 Å². The van der Waals surface area contributed by atoms with Gasteiger partial charge in [-0.2, -0.15) is 0 Å². The van der Waals surface area contributed by atoms with Gasteiger partial charge < -0.3 is 14.4 Å². The molecule has 2 rings (SSSR count). The van der Waals surface area contributed by atoms with Crippen LogP contribution in [0.2, 0.25) is 0 Å². The molecule has 0 atom stereocenters. The van der Waals surface area contributed by atoms with Gasteiger partial charge in [-0.3, -0.25) is 9.59 Å². The second-order valence-corrected chi connectivity index (χ2v) is 5.82. The summed E-state index contributed by atoms with van der Waals surface area (Å²) in [6.07, 6.45) is 0. The van der Waals surface area contributed by atoms with Gasteiger partial charge >= 0.3 is 5.97 Å². The van der Waals surface area contributed by atoms with Gasteiger partial charge in [0.2, 0.25) is 5.91 Å². The third-order valence-corrected chi connectivity index (χ3v) is 3.99. The van der Waals surface area contributed by atoms with Crippen LogP contribution in [-0.4, -0.2) is 43.8 Å². The number of alkyl halides is 1. The molecule has 0 aromatic heterocycles. The van der Waals surface area contributed by atoms with Crippen molar-refractivity contribution < 1.29 is 23.9 Å². The van der Waals surface area contributed by atoms with Crippen molar-refractivity contribution in [3.05, 3.63) is 59.7 Å². The van der Waals surface area contributed by atoms with E-state index in [1.807, 2.05) is 0 Å². The highest BCUT2D eigenvalue weighted by Crippen LogP contribution is 2.24. The van der Waals surface area contributed by atoms with Crippen molar-refractivity contribution in [2.45, 2.75) is 6.92 Å². The first-order valence-electron chi connectivity index (χ1n) is 8.32. The topological polar surface area (TPSA) is 72.9 Å². The van der Waals surface area contributed by atoms with Crippen molar-refractivity contribution in [3.8, 4) is 5.75 Å². The Hall–Kier alpha value is -2.86. The Morgan fingerprint density at radius 3 is 2.52 bits per heavy atom. The van der Waals surface area contributed by atoms with Crippen molar-refractivity contribution in [1.82, 2.24) is 0 Å². The smallest absolute Gasteiger partial charge is 0.344 e. The lowest BCUT2D eigenvalue weighted by Crippen LogP contribution is -2.28. The Morgan fingerprint density at radius 2 is 1.81 bits per heavy atom. The predicted molar refractivity (Wildman–Crippen MR) is 103 cm³/mol. The summed E-state index contributed by atoms with van der Waals surface area (Å²) in [5.74, 6) is -0.891. The lowest BCUT2D eigenvalue weighted by Gasteiger charge is -2.19. The van der Waals surface area contributed by atoms with E-state index in [0.29, 0.717) is 22.6 Å². The maximum Gasteiger partial charge on any atom is 0.344 e. The number of halogens is 1. The normalized spacial score (nSPS) is 10.2. The largest absolute Gasteiger partial charge is 0.482 e. The third kappa shape index (κ3) is 5.31. The van der Waals surface area contributed by atoms with Crippen molar-refractivity contribution in [1.29, 1.82) is 0 Å². The molecule has 142 valence electrons. The number of ether oxygens (including phenoxy) is 2. The number of hydrogen-bond donors (Lipinski definition) is 0. The van der Waals surface area contributed by atoms with Crippen LogP contribution in [0.5, 0.6) is 5.75 Å². The molecular formula is C20H20ClNO5. The number of para-hydroxylation sites is 1. The molecule has 27 heavy (non-hydrogen) atoms. The zero-order valence-electron chi connectivity index (χ0n) is 15.1. The highest BCUT2D eigenvalue weighted by Gasteiger charge is 2.19. The van der Waals surface area contributed by atoms with Crippen LogP contribution in [0.1, 0.15) is 22.8 Å². The maximum absolute atomic E-state index is 13.0. The van der Waals surface area contributed by atoms with Crippen LogP contribution < -0.4 is 9.64 Å². The Labute approximate surface area is 162 Å². The average molecular weight is 390 g/mol. The molecule has 7 heteroatoms. The van der Waals surface area contributed by atoms with E-state index in [4.69, 9.17) is 21.1 Å².